The molecule has 2 aromatic rings. The van der Waals surface area contributed by atoms with Crippen LogP contribution in [-0.4, -0.2) is 34.3 Å². The average Bonchev–Trinajstić information content (AvgIpc) is 2.92. The molecule has 1 atom stereocenters. The lowest BCUT2D eigenvalue weighted by Crippen LogP contribution is -2.35. The Morgan fingerprint density at radius 3 is 2.67 bits per heavy atom. The molecule has 0 unspecified atom stereocenters. The van der Waals surface area contributed by atoms with Crippen molar-refractivity contribution in [2.75, 3.05) is 6.54 Å². The van der Waals surface area contributed by atoms with Crippen LogP contribution in [0.3, 0.4) is 0 Å². The second-order valence-electron chi connectivity index (χ2n) is 5.88. The number of nitrogens with one attached hydrogen (secondary N) is 1. The fourth-order valence-corrected chi connectivity index (χ4v) is 2.60. The molecule has 0 fully saturated rings. The molecule has 0 bridgehead atoms. The van der Waals surface area contributed by atoms with Crippen molar-refractivity contribution in [2.24, 2.45) is 0 Å². The van der Waals surface area contributed by atoms with E-state index < -0.39 is 12.1 Å². The number of benzene rings is 1. The quantitative estimate of drug-likeness (QED) is 0.577. The van der Waals surface area contributed by atoms with Gasteiger partial charge in [0.05, 0.1) is 11.4 Å². The van der Waals surface area contributed by atoms with Crippen molar-refractivity contribution in [3.05, 3.63) is 52.6 Å². The van der Waals surface area contributed by atoms with E-state index in [0.29, 0.717) is 23.5 Å². The molecular formula is C19H21ClFN3O3. The Morgan fingerprint density at radius 1 is 1.37 bits per heavy atom. The van der Waals surface area contributed by atoms with Gasteiger partial charge in [0.2, 0.25) is 0 Å². The number of hydrogen-bond donors (Lipinski definition) is 1. The van der Waals surface area contributed by atoms with Crippen molar-refractivity contribution < 1.29 is 18.7 Å². The van der Waals surface area contributed by atoms with E-state index in [9.17, 15) is 14.0 Å². The van der Waals surface area contributed by atoms with Gasteiger partial charge >= 0.3 is 5.97 Å². The Morgan fingerprint density at radius 2 is 2.04 bits per heavy atom. The number of rotatable bonds is 7. The summed E-state index contributed by atoms with van der Waals surface area (Å²) in [6.07, 6.45) is 2.56. The summed E-state index contributed by atoms with van der Waals surface area (Å²) >= 11 is 6.34. The zero-order chi connectivity index (χ0) is 20.0. The van der Waals surface area contributed by atoms with Gasteiger partial charge in [-0.2, -0.15) is 5.10 Å². The van der Waals surface area contributed by atoms with Crippen LogP contribution in [0, 0.1) is 12.7 Å². The summed E-state index contributed by atoms with van der Waals surface area (Å²) in [5.41, 5.74) is 1.70. The SMILES string of the molecule is CCCNC(=O)[C@@H](C)OC(=O)/C=C/c1c(C)nn(-c2ccc(F)cc2)c1Cl. The maximum absolute atomic E-state index is 13.1. The zero-order valence-corrected chi connectivity index (χ0v) is 16.1. The molecule has 0 saturated heterocycles. The highest BCUT2D eigenvalue weighted by molar-refractivity contribution is 6.31. The van der Waals surface area contributed by atoms with Crippen LogP contribution in [-0.2, 0) is 14.3 Å². The molecule has 0 aliphatic heterocycles. The fourth-order valence-electron chi connectivity index (χ4n) is 2.26. The van der Waals surface area contributed by atoms with Gasteiger partial charge in [0, 0.05) is 18.2 Å². The van der Waals surface area contributed by atoms with Crippen molar-refractivity contribution in [1.29, 1.82) is 0 Å². The maximum Gasteiger partial charge on any atom is 0.331 e. The van der Waals surface area contributed by atoms with Gasteiger partial charge in [-0.3, -0.25) is 4.79 Å². The van der Waals surface area contributed by atoms with Gasteiger partial charge in [-0.05, 0) is 50.6 Å². The molecule has 2 rings (SSSR count). The summed E-state index contributed by atoms with van der Waals surface area (Å²) in [7, 11) is 0. The minimum Gasteiger partial charge on any atom is -0.449 e. The third kappa shape index (κ3) is 5.40. The Kier molecular flexibility index (Phi) is 7.12. The maximum atomic E-state index is 13.1. The monoisotopic (exact) mass is 393 g/mol. The summed E-state index contributed by atoms with van der Waals surface area (Å²) in [6, 6.07) is 5.71. The van der Waals surface area contributed by atoms with Crippen molar-refractivity contribution in [1.82, 2.24) is 15.1 Å². The highest BCUT2D eigenvalue weighted by atomic mass is 35.5. The first kappa shape index (κ1) is 20.6. The summed E-state index contributed by atoms with van der Waals surface area (Å²) in [5.74, 6) is -1.38. The van der Waals surface area contributed by atoms with Gasteiger partial charge in [0.15, 0.2) is 6.10 Å². The molecule has 0 radical (unpaired) electrons. The van der Waals surface area contributed by atoms with Crippen LogP contribution >= 0.6 is 11.6 Å². The normalized spacial score (nSPS) is 12.2. The zero-order valence-electron chi connectivity index (χ0n) is 15.3. The third-order valence-electron chi connectivity index (χ3n) is 3.72. The first-order valence-electron chi connectivity index (χ1n) is 8.51. The standard InChI is InChI=1S/C19H21ClFN3O3/c1-4-11-22-19(26)13(3)27-17(25)10-9-16-12(2)23-24(18(16)20)15-7-5-14(21)6-8-15/h5-10,13H,4,11H2,1-3H3,(H,22,26)/b10-9+/t13-/m1/s1. The molecule has 6 nitrogen and oxygen atoms in total. The van der Waals surface area contributed by atoms with E-state index in [2.05, 4.69) is 10.4 Å². The number of esters is 1. The average molecular weight is 394 g/mol. The molecule has 27 heavy (non-hydrogen) atoms. The Bertz CT molecular complexity index is 847. The number of ether oxygens (including phenoxy) is 1. The first-order valence-corrected chi connectivity index (χ1v) is 8.88. The Balaban J connectivity index is 2.09. The number of carbonyl (C=O) groups excluding carboxylic acids is 2. The van der Waals surface area contributed by atoms with Crippen molar-refractivity contribution in [3.63, 3.8) is 0 Å². The molecule has 1 aromatic carbocycles. The van der Waals surface area contributed by atoms with Gasteiger partial charge < -0.3 is 10.1 Å². The molecule has 1 amide bonds. The van der Waals surface area contributed by atoms with Crippen LogP contribution in [0.25, 0.3) is 11.8 Å². The van der Waals surface area contributed by atoms with Crippen molar-refractivity contribution in [3.8, 4) is 5.69 Å². The number of carbonyl (C=O) groups is 2. The number of aryl methyl sites for hydroxylation is 1. The predicted octanol–water partition coefficient (Wildman–Crippen LogP) is 3.44. The van der Waals surface area contributed by atoms with Crippen LogP contribution in [0.2, 0.25) is 5.15 Å². The van der Waals surface area contributed by atoms with Crippen molar-refractivity contribution >= 4 is 29.6 Å². The van der Waals surface area contributed by atoms with Gasteiger partial charge in [0.1, 0.15) is 11.0 Å². The molecule has 1 N–H and O–H groups in total. The van der Waals surface area contributed by atoms with Gasteiger partial charge in [0.25, 0.3) is 5.91 Å². The molecule has 0 aliphatic carbocycles. The lowest BCUT2D eigenvalue weighted by atomic mass is 10.2. The highest BCUT2D eigenvalue weighted by Gasteiger charge is 2.17. The summed E-state index contributed by atoms with van der Waals surface area (Å²) in [5, 5.41) is 7.23. The van der Waals surface area contributed by atoms with Crippen LogP contribution in [0.5, 0.6) is 0 Å². The highest BCUT2D eigenvalue weighted by Crippen LogP contribution is 2.24. The Labute approximate surface area is 162 Å². The predicted molar refractivity (Wildman–Crippen MR) is 101 cm³/mol. The summed E-state index contributed by atoms with van der Waals surface area (Å²) in [6.45, 7) is 5.69. The fraction of sp³-hybridized carbons (Fsp3) is 0.316. The van der Waals surface area contributed by atoms with Crippen LogP contribution < -0.4 is 5.32 Å². The topological polar surface area (TPSA) is 73.2 Å². The van der Waals surface area contributed by atoms with Gasteiger partial charge in [-0.1, -0.05) is 18.5 Å². The smallest absolute Gasteiger partial charge is 0.331 e. The number of nitrogens with zero attached hydrogens (tertiary/aromatic N) is 2. The first-order chi connectivity index (χ1) is 12.8. The second-order valence-corrected chi connectivity index (χ2v) is 6.24. The molecule has 144 valence electrons. The summed E-state index contributed by atoms with van der Waals surface area (Å²) in [4.78, 5) is 23.7. The lowest BCUT2D eigenvalue weighted by Gasteiger charge is -2.11. The van der Waals surface area contributed by atoms with Gasteiger partial charge in [-0.15, -0.1) is 0 Å². The molecule has 0 aliphatic rings. The number of aromatic nitrogens is 2. The number of amides is 1. The molecule has 0 spiro atoms. The minimum atomic E-state index is -0.896. The van der Waals surface area contributed by atoms with E-state index in [4.69, 9.17) is 16.3 Å². The molecule has 8 heteroatoms. The Hall–Kier alpha value is -2.67. The van der Waals surface area contributed by atoms with E-state index >= 15 is 0 Å². The second kappa shape index (κ2) is 9.32. The number of halogens is 2. The van der Waals surface area contributed by atoms with Crippen molar-refractivity contribution in [2.45, 2.75) is 33.3 Å². The van der Waals surface area contributed by atoms with E-state index in [1.54, 1.807) is 19.1 Å². The van der Waals surface area contributed by atoms with E-state index in [0.717, 1.165) is 6.42 Å². The van der Waals surface area contributed by atoms with E-state index in [1.807, 2.05) is 6.92 Å². The van der Waals surface area contributed by atoms with E-state index in [1.165, 1.54) is 35.9 Å². The number of hydrogen-bond acceptors (Lipinski definition) is 4. The summed E-state index contributed by atoms with van der Waals surface area (Å²) < 4.78 is 19.6. The molecule has 1 heterocycles. The van der Waals surface area contributed by atoms with E-state index in [-0.39, 0.29) is 16.9 Å². The lowest BCUT2D eigenvalue weighted by molar-refractivity contribution is -0.150. The minimum absolute atomic E-state index is 0.275. The largest absolute Gasteiger partial charge is 0.449 e. The molecule has 1 aromatic heterocycles. The third-order valence-corrected chi connectivity index (χ3v) is 4.08. The molecular weight excluding hydrogens is 373 g/mol. The van der Waals surface area contributed by atoms with Crippen LogP contribution in [0.15, 0.2) is 30.3 Å². The van der Waals surface area contributed by atoms with Gasteiger partial charge in [-0.25, -0.2) is 13.9 Å². The van der Waals surface area contributed by atoms with Crippen LogP contribution in [0.1, 0.15) is 31.5 Å². The molecule has 0 saturated carbocycles. The van der Waals surface area contributed by atoms with Crippen LogP contribution in [0.4, 0.5) is 4.39 Å².